The van der Waals surface area contributed by atoms with Crippen LogP contribution in [0.25, 0.3) is 0 Å². The standard InChI is InChI=1S/C14H23BrN2/c1-5-17(6-2)13-8-7-12(14(15)9-13)10-16-11(3)4/h7-9,11,16H,5-6,10H2,1-4H3. The van der Waals surface area contributed by atoms with Crippen molar-refractivity contribution >= 4 is 21.6 Å². The van der Waals surface area contributed by atoms with Crippen LogP contribution in [0.15, 0.2) is 22.7 Å². The van der Waals surface area contributed by atoms with Gasteiger partial charge in [0.2, 0.25) is 0 Å². The van der Waals surface area contributed by atoms with Crippen LogP contribution in [-0.2, 0) is 6.54 Å². The van der Waals surface area contributed by atoms with Crippen molar-refractivity contribution in [1.29, 1.82) is 0 Å². The Bertz CT molecular complexity index is 346. The van der Waals surface area contributed by atoms with Gasteiger partial charge in [-0.15, -0.1) is 0 Å². The smallest absolute Gasteiger partial charge is 0.0377 e. The van der Waals surface area contributed by atoms with E-state index in [1.54, 1.807) is 0 Å². The zero-order valence-electron chi connectivity index (χ0n) is 11.3. The van der Waals surface area contributed by atoms with E-state index in [2.05, 4.69) is 72.0 Å². The fraction of sp³-hybridized carbons (Fsp3) is 0.571. The SMILES string of the molecule is CCN(CC)c1ccc(CNC(C)C)c(Br)c1. The maximum absolute atomic E-state index is 3.66. The maximum atomic E-state index is 3.66. The molecule has 96 valence electrons. The molecule has 0 unspecified atom stereocenters. The summed E-state index contributed by atoms with van der Waals surface area (Å²) in [4.78, 5) is 2.35. The molecular formula is C14H23BrN2. The molecule has 1 aromatic carbocycles. The first-order valence-electron chi connectivity index (χ1n) is 6.35. The number of benzene rings is 1. The van der Waals surface area contributed by atoms with Crippen LogP contribution in [0.4, 0.5) is 5.69 Å². The second kappa shape index (κ2) is 7.02. The van der Waals surface area contributed by atoms with Crippen molar-refractivity contribution in [1.82, 2.24) is 5.32 Å². The summed E-state index contributed by atoms with van der Waals surface area (Å²) >= 11 is 3.66. The molecule has 0 aliphatic carbocycles. The lowest BCUT2D eigenvalue weighted by molar-refractivity contribution is 0.588. The highest BCUT2D eigenvalue weighted by molar-refractivity contribution is 9.10. The van der Waals surface area contributed by atoms with Gasteiger partial charge in [-0.05, 0) is 31.5 Å². The van der Waals surface area contributed by atoms with E-state index in [0.717, 1.165) is 19.6 Å². The number of rotatable bonds is 6. The van der Waals surface area contributed by atoms with Gasteiger partial charge in [-0.2, -0.15) is 0 Å². The Morgan fingerprint density at radius 3 is 2.35 bits per heavy atom. The van der Waals surface area contributed by atoms with Crippen LogP contribution in [0.3, 0.4) is 0 Å². The van der Waals surface area contributed by atoms with Crippen molar-refractivity contribution in [2.75, 3.05) is 18.0 Å². The van der Waals surface area contributed by atoms with Gasteiger partial charge in [-0.3, -0.25) is 0 Å². The molecule has 0 atom stereocenters. The molecule has 0 heterocycles. The fourth-order valence-corrected chi connectivity index (χ4v) is 2.29. The molecule has 0 radical (unpaired) electrons. The predicted octanol–water partition coefficient (Wildman–Crippen LogP) is 3.79. The summed E-state index contributed by atoms with van der Waals surface area (Å²) < 4.78 is 1.19. The first-order chi connectivity index (χ1) is 8.08. The molecular weight excluding hydrogens is 276 g/mol. The molecule has 1 rings (SSSR count). The second-order valence-electron chi connectivity index (χ2n) is 4.48. The average Bonchev–Trinajstić information content (AvgIpc) is 2.29. The first kappa shape index (κ1) is 14.5. The van der Waals surface area contributed by atoms with Gasteiger partial charge < -0.3 is 10.2 Å². The third kappa shape index (κ3) is 4.32. The summed E-state index contributed by atoms with van der Waals surface area (Å²) in [6.07, 6.45) is 0. The summed E-state index contributed by atoms with van der Waals surface area (Å²) in [6.45, 7) is 11.7. The van der Waals surface area contributed by atoms with E-state index in [1.807, 2.05) is 0 Å². The van der Waals surface area contributed by atoms with Crippen molar-refractivity contribution in [3.05, 3.63) is 28.2 Å². The molecule has 0 aliphatic rings. The quantitative estimate of drug-likeness (QED) is 0.859. The highest BCUT2D eigenvalue weighted by Crippen LogP contribution is 2.24. The van der Waals surface area contributed by atoms with Crippen LogP contribution < -0.4 is 10.2 Å². The van der Waals surface area contributed by atoms with Crippen molar-refractivity contribution in [2.24, 2.45) is 0 Å². The molecule has 0 aliphatic heterocycles. The Morgan fingerprint density at radius 2 is 1.88 bits per heavy atom. The number of nitrogens with one attached hydrogen (secondary N) is 1. The molecule has 17 heavy (non-hydrogen) atoms. The zero-order valence-corrected chi connectivity index (χ0v) is 12.8. The normalized spacial score (nSPS) is 10.9. The lowest BCUT2D eigenvalue weighted by Gasteiger charge is -2.22. The highest BCUT2D eigenvalue weighted by Gasteiger charge is 2.06. The highest BCUT2D eigenvalue weighted by atomic mass is 79.9. The van der Waals surface area contributed by atoms with E-state index in [4.69, 9.17) is 0 Å². The summed E-state index contributed by atoms with van der Waals surface area (Å²) in [5, 5.41) is 3.44. The number of hydrogen-bond donors (Lipinski definition) is 1. The molecule has 2 nitrogen and oxygen atoms in total. The van der Waals surface area contributed by atoms with Gasteiger partial charge in [0, 0.05) is 35.8 Å². The second-order valence-corrected chi connectivity index (χ2v) is 5.34. The van der Waals surface area contributed by atoms with Crippen molar-refractivity contribution in [3.8, 4) is 0 Å². The van der Waals surface area contributed by atoms with E-state index in [9.17, 15) is 0 Å². The monoisotopic (exact) mass is 298 g/mol. The molecule has 0 saturated carbocycles. The van der Waals surface area contributed by atoms with Crippen molar-refractivity contribution in [2.45, 2.75) is 40.3 Å². The summed E-state index contributed by atoms with van der Waals surface area (Å²) in [5.74, 6) is 0. The van der Waals surface area contributed by atoms with Crippen LogP contribution >= 0.6 is 15.9 Å². The maximum Gasteiger partial charge on any atom is 0.0377 e. The minimum Gasteiger partial charge on any atom is -0.372 e. The van der Waals surface area contributed by atoms with Crippen molar-refractivity contribution < 1.29 is 0 Å². The predicted molar refractivity (Wildman–Crippen MR) is 79.7 cm³/mol. The molecule has 0 saturated heterocycles. The van der Waals surface area contributed by atoms with E-state index in [1.165, 1.54) is 15.7 Å². The van der Waals surface area contributed by atoms with Crippen LogP contribution in [-0.4, -0.2) is 19.1 Å². The van der Waals surface area contributed by atoms with Gasteiger partial charge in [-0.1, -0.05) is 35.8 Å². The summed E-state index contributed by atoms with van der Waals surface area (Å²) in [7, 11) is 0. The third-order valence-corrected chi connectivity index (χ3v) is 3.60. The molecule has 0 amide bonds. The third-order valence-electron chi connectivity index (χ3n) is 2.87. The molecule has 0 aromatic heterocycles. The fourth-order valence-electron chi connectivity index (χ4n) is 1.78. The Morgan fingerprint density at radius 1 is 1.24 bits per heavy atom. The van der Waals surface area contributed by atoms with E-state index >= 15 is 0 Å². The summed E-state index contributed by atoms with van der Waals surface area (Å²) in [5.41, 5.74) is 2.60. The van der Waals surface area contributed by atoms with Crippen molar-refractivity contribution in [3.63, 3.8) is 0 Å². The average molecular weight is 299 g/mol. The first-order valence-corrected chi connectivity index (χ1v) is 7.14. The van der Waals surface area contributed by atoms with Crippen LogP contribution in [0.2, 0.25) is 0 Å². The lowest BCUT2D eigenvalue weighted by Crippen LogP contribution is -2.23. The van der Waals surface area contributed by atoms with Gasteiger partial charge in [0.1, 0.15) is 0 Å². The Labute approximate surface area is 114 Å². The minimum atomic E-state index is 0.518. The van der Waals surface area contributed by atoms with Gasteiger partial charge >= 0.3 is 0 Å². The zero-order chi connectivity index (χ0) is 12.8. The molecule has 3 heteroatoms. The van der Waals surface area contributed by atoms with Crippen LogP contribution in [0.1, 0.15) is 33.3 Å². The molecule has 0 fully saturated rings. The Hall–Kier alpha value is -0.540. The molecule has 1 aromatic rings. The Balaban J connectivity index is 2.78. The summed E-state index contributed by atoms with van der Waals surface area (Å²) in [6, 6.07) is 7.14. The van der Waals surface area contributed by atoms with E-state index in [-0.39, 0.29) is 0 Å². The van der Waals surface area contributed by atoms with Gasteiger partial charge in [0.15, 0.2) is 0 Å². The Kier molecular flexibility index (Phi) is 6.00. The lowest BCUT2D eigenvalue weighted by atomic mass is 10.2. The largest absolute Gasteiger partial charge is 0.372 e. The van der Waals surface area contributed by atoms with Gasteiger partial charge in [0.05, 0.1) is 0 Å². The van der Waals surface area contributed by atoms with Crippen LogP contribution in [0.5, 0.6) is 0 Å². The van der Waals surface area contributed by atoms with Gasteiger partial charge in [-0.25, -0.2) is 0 Å². The number of halogens is 1. The van der Waals surface area contributed by atoms with Crippen LogP contribution in [0, 0.1) is 0 Å². The van der Waals surface area contributed by atoms with E-state index < -0.39 is 0 Å². The van der Waals surface area contributed by atoms with E-state index in [0.29, 0.717) is 6.04 Å². The number of hydrogen-bond acceptors (Lipinski definition) is 2. The molecule has 0 bridgehead atoms. The van der Waals surface area contributed by atoms with Gasteiger partial charge in [0.25, 0.3) is 0 Å². The number of nitrogens with zero attached hydrogens (tertiary/aromatic N) is 1. The topological polar surface area (TPSA) is 15.3 Å². The molecule has 0 spiro atoms. The minimum absolute atomic E-state index is 0.518. The number of anilines is 1. The molecule has 1 N–H and O–H groups in total.